The summed E-state index contributed by atoms with van der Waals surface area (Å²) in [4.78, 5) is 12.6. The molecule has 0 saturated carbocycles. The van der Waals surface area contributed by atoms with E-state index in [1.54, 1.807) is 7.05 Å². The fourth-order valence-corrected chi connectivity index (χ4v) is 1.81. The first-order valence-electron chi connectivity index (χ1n) is 4.93. The molecule has 1 aliphatic heterocycles. The van der Waals surface area contributed by atoms with Crippen LogP contribution in [-0.4, -0.2) is 43.7 Å². The van der Waals surface area contributed by atoms with Gasteiger partial charge in [0.1, 0.15) is 0 Å². The molecule has 0 aliphatic carbocycles. The second kappa shape index (κ2) is 4.83. The van der Waals surface area contributed by atoms with Crippen molar-refractivity contribution in [2.45, 2.75) is 19.0 Å². The number of alkyl halides is 3. The maximum Gasteiger partial charge on any atom is 0.401 e. The third kappa shape index (κ3) is 4.07. The van der Waals surface area contributed by atoms with Gasteiger partial charge in [0.15, 0.2) is 0 Å². The van der Waals surface area contributed by atoms with Crippen LogP contribution in [0.2, 0.25) is 0 Å². The Morgan fingerprint density at radius 1 is 1.40 bits per heavy atom. The standard InChI is InChI=1S/C9H15F3N2O/c1-13-8(15)7-2-4-14(5-3-7)6-9(10,11)12/h7H,2-6H2,1H3,(H,13,15). The second-order valence-electron chi connectivity index (χ2n) is 3.78. The molecule has 1 fully saturated rings. The average molecular weight is 224 g/mol. The highest BCUT2D eigenvalue weighted by Gasteiger charge is 2.33. The quantitative estimate of drug-likeness (QED) is 0.759. The van der Waals surface area contributed by atoms with E-state index in [0.29, 0.717) is 25.9 Å². The lowest BCUT2D eigenvalue weighted by Gasteiger charge is -2.31. The number of halogens is 3. The van der Waals surface area contributed by atoms with Crippen molar-refractivity contribution in [2.24, 2.45) is 5.92 Å². The molecule has 1 saturated heterocycles. The smallest absolute Gasteiger partial charge is 0.359 e. The van der Waals surface area contributed by atoms with Gasteiger partial charge in [0.25, 0.3) is 0 Å². The summed E-state index contributed by atoms with van der Waals surface area (Å²) < 4.78 is 36.1. The van der Waals surface area contributed by atoms with Crippen LogP contribution in [0.1, 0.15) is 12.8 Å². The van der Waals surface area contributed by atoms with Crippen molar-refractivity contribution >= 4 is 5.91 Å². The van der Waals surface area contributed by atoms with E-state index in [2.05, 4.69) is 5.32 Å². The summed E-state index contributed by atoms with van der Waals surface area (Å²) in [6.45, 7) is -0.178. The van der Waals surface area contributed by atoms with Gasteiger partial charge in [0, 0.05) is 13.0 Å². The first-order chi connectivity index (χ1) is 6.92. The van der Waals surface area contributed by atoms with Crippen molar-refractivity contribution < 1.29 is 18.0 Å². The zero-order valence-electron chi connectivity index (χ0n) is 8.60. The Hall–Kier alpha value is -0.780. The second-order valence-corrected chi connectivity index (χ2v) is 3.78. The van der Waals surface area contributed by atoms with Gasteiger partial charge in [0.05, 0.1) is 6.54 Å². The van der Waals surface area contributed by atoms with Gasteiger partial charge < -0.3 is 5.32 Å². The molecule has 0 bridgehead atoms. The third-order valence-corrected chi connectivity index (χ3v) is 2.61. The van der Waals surface area contributed by atoms with Crippen molar-refractivity contribution in [3.05, 3.63) is 0 Å². The molecule has 3 nitrogen and oxygen atoms in total. The van der Waals surface area contributed by atoms with Crippen LogP contribution in [-0.2, 0) is 4.79 Å². The zero-order valence-corrected chi connectivity index (χ0v) is 8.60. The lowest BCUT2D eigenvalue weighted by molar-refractivity contribution is -0.149. The van der Waals surface area contributed by atoms with E-state index in [0.717, 1.165) is 0 Å². The predicted octanol–water partition coefficient (Wildman–Crippen LogP) is 1.01. The maximum atomic E-state index is 12.0. The van der Waals surface area contributed by atoms with Gasteiger partial charge in [-0.1, -0.05) is 0 Å². The summed E-state index contributed by atoms with van der Waals surface area (Å²) in [7, 11) is 1.55. The van der Waals surface area contributed by atoms with Crippen molar-refractivity contribution in [2.75, 3.05) is 26.7 Å². The van der Waals surface area contributed by atoms with Crippen molar-refractivity contribution in [1.82, 2.24) is 10.2 Å². The van der Waals surface area contributed by atoms with E-state index >= 15 is 0 Å². The number of piperidine rings is 1. The molecule has 1 aliphatic rings. The van der Waals surface area contributed by atoms with E-state index in [1.807, 2.05) is 0 Å². The first-order valence-corrected chi connectivity index (χ1v) is 4.93. The molecule has 1 amide bonds. The highest BCUT2D eigenvalue weighted by molar-refractivity contribution is 5.78. The van der Waals surface area contributed by atoms with Crippen LogP contribution >= 0.6 is 0 Å². The fraction of sp³-hybridized carbons (Fsp3) is 0.889. The van der Waals surface area contributed by atoms with Crippen molar-refractivity contribution in [1.29, 1.82) is 0 Å². The SMILES string of the molecule is CNC(=O)C1CCN(CC(F)(F)F)CC1. The van der Waals surface area contributed by atoms with Gasteiger partial charge >= 0.3 is 6.18 Å². The largest absolute Gasteiger partial charge is 0.401 e. The minimum atomic E-state index is -4.14. The van der Waals surface area contributed by atoms with E-state index in [4.69, 9.17) is 0 Å². The number of hydrogen-bond donors (Lipinski definition) is 1. The van der Waals surface area contributed by atoms with Crippen LogP contribution in [0.3, 0.4) is 0 Å². The minimum absolute atomic E-state index is 0.0679. The number of carbonyl (C=O) groups is 1. The van der Waals surface area contributed by atoms with Gasteiger partial charge in [-0.2, -0.15) is 13.2 Å². The van der Waals surface area contributed by atoms with Crippen LogP contribution in [0.4, 0.5) is 13.2 Å². The number of amides is 1. The molecule has 0 aromatic carbocycles. The summed E-state index contributed by atoms with van der Waals surface area (Å²) in [5.74, 6) is -0.193. The number of likely N-dealkylation sites (tertiary alicyclic amines) is 1. The molecule has 88 valence electrons. The van der Waals surface area contributed by atoms with Gasteiger partial charge in [0.2, 0.25) is 5.91 Å². The van der Waals surface area contributed by atoms with E-state index in [9.17, 15) is 18.0 Å². The number of nitrogens with zero attached hydrogens (tertiary/aromatic N) is 1. The molecule has 1 heterocycles. The van der Waals surface area contributed by atoms with Gasteiger partial charge in [-0.25, -0.2) is 0 Å². The Kier molecular flexibility index (Phi) is 3.96. The zero-order chi connectivity index (χ0) is 11.5. The van der Waals surface area contributed by atoms with Gasteiger partial charge in [-0.3, -0.25) is 9.69 Å². The Morgan fingerprint density at radius 3 is 2.33 bits per heavy atom. The highest BCUT2D eigenvalue weighted by atomic mass is 19.4. The Bertz CT molecular complexity index is 222. The van der Waals surface area contributed by atoms with Gasteiger partial charge in [-0.15, -0.1) is 0 Å². The van der Waals surface area contributed by atoms with E-state index in [-0.39, 0.29) is 11.8 Å². The van der Waals surface area contributed by atoms with Crippen LogP contribution in [0.15, 0.2) is 0 Å². The molecule has 0 unspecified atom stereocenters. The monoisotopic (exact) mass is 224 g/mol. The number of hydrogen-bond acceptors (Lipinski definition) is 2. The summed E-state index contributed by atoms with van der Waals surface area (Å²) in [5, 5.41) is 2.52. The lowest BCUT2D eigenvalue weighted by Crippen LogP contribution is -2.43. The van der Waals surface area contributed by atoms with Gasteiger partial charge in [-0.05, 0) is 25.9 Å². The van der Waals surface area contributed by atoms with Crippen molar-refractivity contribution in [3.63, 3.8) is 0 Å². The normalized spacial score (nSPS) is 20.3. The Morgan fingerprint density at radius 2 is 1.93 bits per heavy atom. The average Bonchev–Trinajstić information content (AvgIpc) is 2.15. The molecule has 1 rings (SSSR count). The molecule has 0 aromatic rings. The van der Waals surface area contributed by atoms with Crippen LogP contribution in [0.25, 0.3) is 0 Å². The van der Waals surface area contributed by atoms with Crippen LogP contribution in [0, 0.1) is 5.92 Å². The minimum Gasteiger partial charge on any atom is -0.359 e. The fourth-order valence-electron chi connectivity index (χ4n) is 1.81. The molecule has 0 atom stereocenters. The van der Waals surface area contributed by atoms with Crippen molar-refractivity contribution in [3.8, 4) is 0 Å². The molecule has 0 aromatic heterocycles. The summed E-state index contributed by atoms with van der Waals surface area (Å²) in [6.07, 6.45) is -3.12. The van der Waals surface area contributed by atoms with Crippen LogP contribution < -0.4 is 5.32 Å². The molecule has 15 heavy (non-hydrogen) atoms. The molecular formula is C9H15F3N2O. The first kappa shape index (κ1) is 12.3. The van der Waals surface area contributed by atoms with E-state index < -0.39 is 12.7 Å². The van der Waals surface area contributed by atoms with E-state index in [1.165, 1.54) is 4.90 Å². The summed E-state index contributed by atoms with van der Waals surface area (Å²) >= 11 is 0. The number of nitrogens with one attached hydrogen (secondary N) is 1. The molecule has 0 radical (unpaired) electrons. The summed E-state index contributed by atoms with van der Waals surface area (Å²) in [6, 6.07) is 0. The molecule has 0 spiro atoms. The lowest BCUT2D eigenvalue weighted by atomic mass is 9.96. The predicted molar refractivity (Wildman–Crippen MR) is 49.3 cm³/mol. The molecule has 1 N–H and O–H groups in total. The molecular weight excluding hydrogens is 209 g/mol. The highest BCUT2D eigenvalue weighted by Crippen LogP contribution is 2.22. The number of carbonyl (C=O) groups excluding carboxylic acids is 1. The van der Waals surface area contributed by atoms with Crippen LogP contribution in [0.5, 0.6) is 0 Å². The summed E-state index contributed by atoms with van der Waals surface area (Å²) in [5.41, 5.74) is 0. The Labute approximate surface area is 86.6 Å². The Balaban J connectivity index is 2.33. The number of rotatable bonds is 2. The topological polar surface area (TPSA) is 32.3 Å². The third-order valence-electron chi connectivity index (χ3n) is 2.61. The maximum absolute atomic E-state index is 12.0. The molecule has 6 heteroatoms.